The minimum Gasteiger partial charge on any atom is -0.497 e. The smallest absolute Gasteiger partial charge is 0.286 e. The van der Waals surface area contributed by atoms with E-state index in [1.54, 1.807) is 72.8 Å². The molecule has 0 aliphatic carbocycles. The second-order valence-electron chi connectivity index (χ2n) is 12.1. The van der Waals surface area contributed by atoms with Crippen molar-refractivity contribution in [2.45, 2.75) is 30.1 Å². The third kappa shape index (κ3) is 9.07. The number of benzene rings is 4. The maximum Gasteiger partial charge on any atom is 0.286 e. The molecule has 2 aliphatic heterocycles. The SMILES string of the molecule is COc1ccc(S(=O)(=O)N(CCO)CCOC2CC(c3ccc4c(c3)OCO4)C=C(C(=O)NCc3ccc(C(=O)Nc4ccccc4N)cc3)O2)cc1. The van der Waals surface area contributed by atoms with Gasteiger partial charge in [-0.3, -0.25) is 9.59 Å². The van der Waals surface area contributed by atoms with Crippen molar-refractivity contribution in [2.24, 2.45) is 0 Å². The van der Waals surface area contributed by atoms with Crippen LogP contribution in [-0.2, 0) is 30.8 Å². The first-order valence-electron chi connectivity index (χ1n) is 16.8. The first-order chi connectivity index (χ1) is 25.6. The van der Waals surface area contributed by atoms with Gasteiger partial charge in [-0.15, -0.1) is 0 Å². The third-order valence-electron chi connectivity index (χ3n) is 8.68. The minimum absolute atomic E-state index is 0.0263. The summed E-state index contributed by atoms with van der Waals surface area (Å²) in [5.41, 5.74) is 8.90. The number of aliphatic hydroxyl groups is 1. The molecule has 2 aliphatic rings. The number of sulfonamides is 1. The Balaban J connectivity index is 1.11. The van der Waals surface area contributed by atoms with E-state index < -0.39 is 28.8 Å². The van der Waals surface area contributed by atoms with Gasteiger partial charge in [-0.25, -0.2) is 8.42 Å². The van der Waals surface area contributed by atoms with Crippen molar-refractivity contribution in [3.8, 4) is 17.2 Å². The molecule has 278 valence electrons. The Kier molecular flexibility index (Phi) is 11.8. The summed E-state index contributed by atoms with van der Waals surface area (Å²) in [4.78, 5) is 26.3. The molecular weight excluding hydrogens is 705 g/mol. The highest BCUT2D eigenvalue weighted by atomic mass is 32.2. The van der Waals surface area contributed by atoms with Gasteiger partial charge < -0.3 is 45.2 Å². The molecule has 0 saturated heterocycles. The Labute approximate surface area is 307 Å². The van der Waals surface area contributed by atoms with Crippen LogP contribution in [0.4, 0.5) is 11.4 Å². The van der Waals surface area contributed by atoms with Crippen LogP contribution in [0.5, 0.6) is 17.2 Å². The molecule has 0 spiro atoms. The summed E-state index contributed by atoms with van der Waals surface area (Å²) in [5.74, 6) is 0.597. The molecule has 5 N–H and O–H groups in total. The van der Waals surface area contributed by atoms with E-state index in [1.807, 2.05) is 12.1 Å². The normalized spacial score (nSPS) is 16.4. The molecule has 4 aromatic carbocycles. The Morgan fingerprint density at radius 1 is 0.943 bits per heavy atom. The van der Waals surface area contributed by atoms with Crippen LogP contribution >= 0.6 is 0 Å². The average Bonchev–Trinajstić information content (AvgIpc) is 3.66. The van der Waals surface area contributed by atoms with Gasteiger partial charge in [0.25, 0.3) is 11.8 Å². The zero-order valence-corrected chi connectivity index (χ0v) is 29.7. The number of nitrogen functional groups attached to an aromatic ring is 1. The molecule has 14 nitrogen and oxygen atoms in total. The number of carbonyl (C=O) groups is 2. The lowest BCUT2D eigenvalue weighted by molar-refractivity contribution is -0.146. The average molecular weight is 745 g/mol. The van der Waals surface area contributed by atoms with Gasteiger partial charge in [0.1, 0.15) is 5.75 Å². The van der Waals surface area contributed by atoms with Crippen LogP contribution in [0.3, 0.4) is 0 Å². The molecule has 15 heteroatoms. The summed E-state index contributed by atoms with van der Waals surface area (Å²) in [5, 5.41) is 15.3. The number of rotatable bonds is 15. The van der Waals surface area contributed by atoms with Crippen molar-refractivity contribution in [2.75, 3.05) is 51.3 Å². The summed E-state index contributed by atoms with van der Waals surface area (Å²) in [6.45, 7) is -0.455. The van der Waals surface area contributed by atoms with E-state index in [-0.39, 0.29) is 55.5 Å². The number of hydrogen-bond donors (Lipinski definition) is 4. The molecule has 2 unspecified atom stereocenters. The second-order valence-corrected chi connectivity index (χ2v) is 14.1. The van der Waals surface area contributed by atoms with Crippen molar-refractivity contribution < 1.29 is 46.8 Å². The highest BCUT2D eigenvalue weighted by Gasteiger charge is 2.31. The van der Waals surface area contributed by atoms with Crippen LogP contribution in [0.2, 0.25) is 0 Å². The van der Waals surface area contributed by atoms with Crippen molar-refractivity contribution in [1.29, 1.82) is 0 Å². The fourth-order valence-electron chi connectivity index (χ4n) is 5.79. The number of aliphatic hydroxyl groups excluding tert-OH is 1. The molecule has 2 atom stereocenters. The highest BCUT2D eigenvalue weighted by molar-refractivity contribution is 7.89. The first kappa shape index (κ1) is 37.2. The summed E-state index contributed by atoms with van der Waals surface area (Å²) < 4.78 is 56.1. The topological polar surface area (TPSA) is 188 Å². The predicted octanol–water partition coefficient (Wildman–Crippen LogP) is 3.99. The number of ether oxygens (including phenoxy) is 5. The molecule has 2 heterocycles. The molecular formula is C38H40N4O10S. The van der Waals surface area contributed by atoms with E-state index >= 15 is 0 Å². The van der Waals surface area contributed by atoms with Gasteiger partial charge in [-0.1, -0.05) is 30.3 Å². The van der Waals surface area contributed by atoms with Crippen molar-refractivity contribution >= 4 is 33.2 Å². The number of hydrogen-bond acceptors (Lipinski definition) is 11. The van der Waals surface area contributed by atoms with E-state index in [0.29, 0.717) is 40.6 Å². The van der Waals surface area contributed by atoms with Gasteiger partial charge in [0, 0.05) is 37.5 Å². The van der Waals surface area contributed by atoms with Crippen molar-refractivity contribution in [3.05, 3.63) is 120 Å². The molecule has 0 bridgehead atoms. The molecule has 2 amide bonds. The summed E-state index contributed by atoms with van der Waals surface area (Å²) in [6, 6.07) is 25.2. The van der Waals surface area contributed by atoms with Crippen LogP contribution in [0.25, 0.3) is 0 Å². The number of fused-ring (bicyclic) bond motifs is 1. The quantitative estimate of drug-likeness (QED) is 0.129. The minimum atomic E-state index is -3.96. The number of para-hydroxylation sites is 2. The maximum absolute atomic E-state index is 13.5. The monoisotopic (exact) mass is 744 g/mol. The highest BCUT2D eigenvalue weighted by Crippen LogP contribution is 2.38. The van der Waals surface area contributed by atoms with Gasteiger partial charge in [-0.05, 0) is 77.9 Å². The lowest BCUT2D eigenvalue weighted by Crippen LogP contribution is -2.38. The van der Waals surface area contributed by atoms with Gasteiger partial charge in [0.05, 0.1) is 36.6 Å². The summed E-state index contributed by atoms with van der Waals surface area (Å²) in [7, 11) is -2.48. The Morgan fingerprint density at radius 2 is 1.70 bits per heavy atom. The Hall–Kier alpha value is -5.61. The Morgan fingerprint density at radius 3 is 2.43 bits per heavy atom. The van der Waals surface area contributed by atoms with E-state index in [2.05, 4.69) is 10.6 Å². The number of anilines is 2. The zero-order chi connectivity index (χ0) is 37.4. The maximum atomic E-state index is 13.5. The predicted molar refractivity (Wildman–Crippen MR) is 195 cm³/mol. The summed E-state index contributed by atoms with van der Waals surface area (Å²) in [6.07, 6.45) is 1.12. The van der Waals surface area contributed by atoms with E-state index in [9.17, 15) is 23.1 Å². The molecule has 6 rings (SSSR count). The third-order valence-corrected chi connectivity index (χ3v) is 10.6. The molecule has 0 radical (unpaired) electrons. The molecule has 0 fully saturated rings. The van der Waals surface area contributed by atoms with Crippen LogP contribution in [0.15, 0.2) is 108 Å². The fraction of sp³-hybridized carbons (Fsp3) is 0.263. The standard InChI is InChI=1S/C38H40N4O10S/c1-48-29-11-13-30(14-12-29)53(46,47)42(16-18-43)17-19-49-36-22-28(27-10-15-33-34(20-27)51-24-50-33)21-35(52-36)38(45)40-23-25-6-8-26(9-7-25)37(44)41-32-5-3-2-4-31(32)39/h2-15,20-21,28,36,43H,16-19,22-24,39H2,1H3,(H,40,45)(H,41,44). The number of nitrogens with two attached hydrogens (primary N) is 1. The second kappa shape index (κ2) is 16.8. The van der Waals surface area contributed by atoms with Crippen LogP contribution in [-0.4, -0.2) is 76.1 Å². The Bertz CT molecular complexity index is 2060. The van der Waals surface area contributed by atoms with Crippen LogP contribution in [0.1, 0.15) is 33.8 Å². The molecule has 0 saturated carbocycles. The van der Waals surface area contributed by atoms with E-state index in [0.717, 1.165) is 15.4 Å². The van der Waals surface area contributed by atoms with E-state index in [4.69, 9.17) is 29.4 Å². The van der Waals surface area contributed by atoms with Gasteiger partial charge in [0.15, 0.2) is 17.3 Å². The first-order valence-corrected chi connectivity index (χ1v) is 18.3. The van der Waals surface area contributed by atoms with Gasteiger partial charge in [-0.2, -0.15) is 4.31 Å². The van der Waals surface area contributed by atoms with Crippen LogP contribution in [0, 0.1) is 0 Å². The zero-order valence-electron chi connectivity index (χ0n) is 28.9. The number of carbonyl (C=O) groups excluding carboxylic acids is 2. The molecule has 53 heavy (non-hydrogen) atoms. The van der Waals surface area contributed by atoms with Crippen molar-refractivity contribution in [1.82, 2.24) is 9.62 Å². The van der Waals surface area contributed by atoms with E-state index in [1.165, 1.54) is 19.2 Å². The van der Waals surface area contributed by atoms with Gasteiger partial charge >= 0.3 is 0 Å². The number of nitrogens with one attached hydrogen (secondary N) is 2. The lowest BCUT2D eigenvalue weighted by atomic mass is 9.92. The van der Waals surface area contributed by atoms with Crippen molar-refractivity contribution in [3.63, 3.8) is 0 Å². The fourth-order valence-corrected chi connectivity index (χ4v) is 7.20. The lowest BCUT2D eigenvalue weighted by Gasteiger charge is -2.30. The summed E-state index contributed by atoms with van der Waals surface area (Å²) >= 11 is 0. The largest absolute Gasteiger partial charge is 0.497 e. The number of allylic oxidation sites excluding steroid dienone is 1. The molecule has 0 aromatic heterocycles. The number of nitrogens with zero attached hydrogens (tertiary/aromatic N) is 1. The molecule has 4 aromatic rings. The van der Waals surface area contributed by atoms with Crippen LogP contribution < -0.4 is 30.6 Å². The number of methoxy groups -OCH3 is 1. The number of amides is 2. The van der Waals surface area contributed by atoms with Gasteiger partial charge in [0.2, 0.25) is 23.1 Å².